The molecule has 0 fully saturated rings. The molecule has 0 unspecified atom stereocenters. The molecule has 0 aliphatic heterocycles. The van der Waals surface area contributed by atoms with E-state index in [9.17, 15) is 13.2 Å². The normalized spacial score (nSPS) is 14.0. The lowest BCUT2D eigenvalue weighted by Gasteiger charge is -2.16. The Morgan fingerprint density at radius 1 is 1.29 bits per heavy atom. The van der Waals surface area contributed by atoms with Crippen LogP contribution in [-0.4, -0.2) is 45.1 Å². The largest absolute Gasteiger partial charge is 0.345 e. The summed E-state index contributed by atoms with van der Waals surface area (Å²) in [5.74, 6) is -0.865. The summed E-state index contributed by atoms with van der Waals surface area (Å²) in [7, 11) is -1.97. The van der Waals surface area contributed by atoms with Crippen molar-refractivity contribution in [2.75, 3.05) is 25.9 Å². The van der Waals surface area contributed by atoms with Crippen LogP contribution >= 0.6 is 0 Å². The molecule has 1 aliphatic carbocycles. The molecule has 0 atom stereocenters. The zero-order chi connectivity index (χ0) is 15.5. The summed E-state index contributed by atoms with van der Waals surface area (Å²) >= 11 is 0. The predicted octanol–water partition coefficient (Wildman–Crippen LogP) is 0.756. The van der Waals surface area contributed by atoms with Crippen molar-refractivity contribution in [1.29, 1.82) is 0 Å². The number of benzene rings is 1. The van der Waals surface area contributed by atoms with Gasteiger partial charge in [0.05, 0.1) is 4.90 Å². The average molecular weight is 310 g/mol. The maximum Gasteiger partial charge on any atom is 0.237 e. The first-order valence-corrected chi connectivity index (χ1v) is 8.88. The lowest BCUT2D eigenvalue weighted by atomic mass is 10.1. The van der Waals surface area contributed by atoms with Crippen LogP contribution in [0.15, 0.2) is 23.1 Å². The molecule has 0 radical (unpaired) electrons. The summed E-state index contributed by atoms with van der Waals surface area (Å²) in [5.41, 5.74) is 7.71. The number of rotatable bonds is 6. The van der Waals surface area contributed by atoms with E-state index in [1.807, 2.05) is 6.07 Å². The second kappa shape index (κ2) is 6.58. The van der Waals surface area contributed by atoms with Gasteiger partial charge in [-0.25, -0.2) is 8.42 Å². The fourth-order valence-corrected chi connectivity index (χ4v) is 3.86. The summed E-state index contributed by atoms with van der Waals surface area (Å²) in [6.45, 7) is 0.963. The topological polar surface area (TPSA) is 80.5 Å². The van der Waals surface area contributed by atoms with E-state index in [0.717, 1.165) is 24.8 Å². The van der Waals surface area contributed by atoms with Crippen molar-refractivity contribution in [2.45, 2.75) is 30.6 Å². The van der Waals surface area contributed by atoms with E-state index >= 15 is 0 Å². The Kier molecular flexibility index (Phi) is 5.00. The third-order valence-corrected chi connectivity index (χ3v) is 5.47. The van der Waals surface area contributed by atoms with Gasteiger partial charge in [0.1, 0.15) is 5.75 Å². The maximum absolute atomic E-state index is 12.3. The first kappa shape index (κ1) is 16.0. The zero-order valence-corrected chi connectivity index (χ0v) is 13.2. The van der Waals surface area contributed by atoms with Crippen LogP contribution in [0.25, 0.3) is 0 Å². The van der Waals surface area contributed by atoms with Crippen LogP contribution in [-0.2, 0) is 27.5 Å². The minimum atomic E-state index is -3.57. The van der Waals surface area contributed by atoms with Crippen LogP contribution in [0.4, 0.5) is 0 Å². The standard InChI is InChI=1S/C15H22N2O3S/c1-17(9-3-8-16)15(18)11-21(19,20)14-7-6-12-4-2-5-13(12)10-14/h6-7,10H,2-5,8-9,11,16H2,1H3. The van der Waals surface area contributed by atoms with Crippen molar-refractivity contribution in [3.63, 3.8) is 0 Å². The molecule has 1 aliphatic rings. The van der Waals surface area contributed by atoms with Gasteiger partial charge in [-0.2, -0.15) is 0 Å². The first-order valence-electron chi connectivity index (χ1n) is 7.22. The number of carbonyl (C=O) groups excluding carboxylic acids is 1. The molecule has 1 aromatic carbocycles. The Morgan fingerprint density at radius 2 is 2.00 bits per heavy atom. The molecule has 21 heavy (non-hydrogen) atoms. The smallest absolute Gasteiger partial charge is 0.237 e. The van der Waals surface area contributed by atoms with Gasteiger partial charge in [0.25, 0.3) is 0 Å². The number of nitrogens with two attached hydrogens (primary N) is 1. The van der Waals surface area contributed by atoms with Crippen molar-refractivity contribution < 1.29 is 13.2 Å². The second-order valence-electron chi connectivity index (χ2n) is 5.50. The van der Waals surface area contributed by atoms with E-state index in [2.05, 4.69) is 0 Å². The van der Waals surface area contributed by atoms with Gasteiger partial charge in [0.15, 0.2) is 9.84 Å². The minimum absolute atomic E-state index is 0.253. The van der Waals surface area contributed by atoms with Gasteiger partial charge in [-0.1, -0.05) is 6.07 Å². The van der Waals surface area contributed by atoms with E-state index in [1.54, 1.807) is 19.2 Å². The molecule has 1 aromatic rings. The Balaban J connectivity index is 2.09. The summed E-state index contributed by atoms with van der Waals surface area (Å²) < 4.78 is 24.7. The fraction of sp³-hybridized carbons (Fsp3) is 0.533. The first-order chi connectivity index (χ1) is 9.94. The van der Waals surface area contributed by atoms with Gasteiger partial charge in [-0.3, -0.25) is 4.79 Å². The second-order valence-corrected chi connectivity index (χ2v) is 7.49. The van der Waals surface area contributed by atoms with Gasteiger partial charge in [-0.05, 0) is 55.5 Å². The van der Waals surface area contributed by atoms with Crippen LogP contribution in [0.5, 0.6) is 0 Å². The van der Waals surface area contributed by atoms with Gasteiger partial charge in [-0.15, -0.1) is 0 Å². The van der Waals surface area contributed by atoms with Crippen LogP contribution in [0.3, 0.4) is 0 Å². The van der Waals surface area contributed by atoms with Gasteiger partial charge in [0, 0.05) is 13.6 Å². The number of hydrogen-bond donors (Lipinski definition) is 1. The van der Waals surface area contributed by atoms with Crippen molar-refractivity contribution >= 4 is 15.7 Å². The van der Waals surface area contributed by atoms with E-state index in [-0.39, 0.29) is 10.8 Å². The van der Waals surface area contributed by atoms with Gasteiger partial charge >= 0.3 is 0 Å². The average Bonchev–Trinajstić information content (AvgIpc) is 2.91. The quantitative estimate of drug-likeness (QED) is 0.841. The molecule has 0 saturated carbocycles. The Bertz CT molecular complexity index is 626. The lowest BCUT2D eigenvalue weighted by Crippen LogP contribution is -2.34. The van der Waals surface area contributed by atoms with Crippen LogP contribution < -0.4 is 5.73 Å². The third-order valence-electron chi connectivity index (χ3n) is 3.87. The number of nitrogens with zero attached hydrogens (tertiary/aromatic N) is 1. The number of hydrogen-bond acceptors (Lipinski definition) is 4. The van der Waals surface area contributed by atoms with E-state index in [4.69, 9.17) is 5.73 Å². The van der Waals surface area contributed by atoms with Gasteiger partial charge in [0.2, 0.25) is 5.91 Å². The highest BCUT2D eigenvalue weighted by molar-refractivity contribution is 7.92. The van der Waals surface area contributed by atoms with E-state index in [1.165, 1.54) is 10.5 Å². The van der Waals surface area contributed by atoms with Crippen molar-refractivity contribution in [3.05, 3.63) is 29.3 Å². The van der Waals surface area contributed by atoms with Crippen LogP contribution in [0, 0.1) is 0 Å². The molecular formula is C15H22N2O3S. The minimum Gasteiger partial charge on any atom is -0.345 e. The summed E-state index contributed by atoms with van der Waals surface area (Å²) in [6, 6.07) is 5.22. The van der Waals surface area contributed by atoms with E-state index < -0.39 is 15.6 Å². The molecule has 0 bridgehead atoms. The highest BCUT2D eigenvalue weighted by atomic mass is 32.2. The fourth-order valence-electron chi connectivity index (χ4n) is 2.55. The molecule has 0 aromatic heterocycles. The van der Waals surface area contributed by atoms with Crippen molar-refractivity contribution in [2.24, 2.45) is 5.73 Å². The number of aryl methyl sites for hydroxylation is 2. The molecule has 116 valence electrons. The molecule has 0 heterocycles. The van der Waals surface area contributed by atoms with E-state index in [0.29, 0.717) is 19.5 Å². The molecule has 2 N–H and O–H groups in total. The Hall–Kier alpha value is -1.40. The number of amides is 1. The highest BCUT2D eigenvalue weighted by Gasteiger charge is 2.23. The molecule has 6 heteroatoms. The van der Waals surface area contributed by atoms with Crippen LogP contribution in [0.1, 0.15) is 24.0 Å². The zero-order valence-electron chi connectivity index (χ0n) is 12.3. The summed E-state index contributed by atoms with van der Waals surface area (Å²) in [4.78, 5) is 13.7. The Labute approximate surface area is 126 Å². The van der Waals surface area contributed by atoms with Crippen LogP contribution in [0.2, 0.25) is 0 Å². The SMILES string of the molecule is CN(CCCN)C(=O)CS(=O)(=O)c1ccc2c(c1)CCC2. The molecule has 5 nitrogen and oxygen atoms in total. The molecule has 0 spiro atoms. The molecule has 0 saturated heterocycles. The van der Waals surface area contributed by atoms with Crippen molar-refractivity contribution in [3.8, 4) is 0 Å². The van der Waals surface area contributed by atoms with Crippen molar-refractivity contribution in [1.82, 2.24) is 4.90 Å². The molecular weight excluding hydrogens is 288 g/mol. The molecule has 1 amide bonds. The third kappa shape index (κ3) is 3.83. The summed E-state index contributed by atoms with van der Waals surface area (Å²) in [6.07, 6.45) is 3.67. The number of carbonyl (C=O) groups is 1. The highest BCUT2D eigenvalue weighted by Crippen LogP contribution is 2.25. The maximum atomic E-state index is 12.3. The monoisotopic (exact) mass is 310 g/mol. The molecule has 2 rings (SSSR count). The summed E-state index contributed by atoms with van der Waals surface area (Å²) in [5, 5.41) is 0. The lowest BCUT2D eigenvalue weighted by molar-refractivity contribution is -0.127. The van der Waals surface area contributed by atoms with Gasteiger partial charge < -0.3 is 10.6 Å². The Morgan fingerprint density at radius 3 is 2.71 bits per heavy atom. The number of fused-ring (bicyclic) bond motifs is 1. The number of sulfone groups is 1. The predicted molar refractivity (Wildman–Crippen MR) is 81.8 cm³/mol.